The number of thioether (sulfide) groups is 1. The molecule has 0 aliphatic carbocycles. The number of carbonyl (C=O) groups is 1. The molecule has 0 radical (unpaired) electrons. The van der Waals surface area contributed by atoms with Gasteiger partial charge in [-0.3, -0.25) is 9.36 Å². The van der Waals surface area contributed by atoms with Crippen LogP contribution in [0.5, 0.6) is 0 Å². The van der Waals surface area contributed by atoms with E-state index in [2.05, 4.69) is 48.2 Å². The standard InChI is InChI=1S/C22H26N4OS2/c1-6-10-26-21(19-12-28-16(5)18(19)7-2)24-25-22(26)29-13-20(27)23-17-9-8-14(3)15(4)11-17/h6,8-9,11-12H,1,7,10,13H2,2-5H3,(H,23,27). The molecule has 152 valence electrons. The van der Waals surface area contributed by atoms with E-state index in [9.17, 15) is 4.79 Å². The van der Waals surface area contributed by atoms with Gasteiger partial charge in [0.25, 0.3) is 0 Å². The zero-order valence-electron chi connectivity index (χ0n) is 17.3. The van der Waals surface area contributed by atoms with E-state index in [1.807, 2.05) is 35.8 Å². The van der Waals surface area contributed by atoms with Gasteiger partial charge in [-0.05, 0) is 56.0 Å². The second kappa shape index (κ2) is 9.41. The summed E-state index contributed by atoms with van der Waals surface area (Å²) in [6.07, 6.45) is 2.78. The van der Waals surface area contributed by atoms with E-state index in [0.717, 1.165) is 34.2 Å². The number of carbonyl (C=O) groups excluding carboxylic acids is 1. The molecule has 0 unspecified atom stereocenters. The Labute approximate surface area is 180 Å². The van der Waals surface area contributed by atoms with Gasteiger partial charge >= 0.3 is 0 Å². The highest BCUT2D eigenvalue weighted by atomic mass is 32.2. The molecule has 3 aromatic rings. The van der Waals surface area contributed by atoms with Crippen LogP contribution >= 0.6 is 23.1 Å². The van der Waals surface area contributed by atoms with Gasteiger partial charge in [0.15, 0.2) is 11.0 Å². The minimum absolute atomic E-state index is 0.0615. The molecule has 29 heavy (non-hydrogen) atoms. The number of rotatable bonds is 8. The van der Waals surface area contributed by atoms with Crippen molar-refractivity contribution in [1.29, 1.82) is 0 Å². The molecule has 0 saturated heterocycles. The van der Waals surface area contributed by atoms with Gasteiger partial charge in [-0.1, -0.05) is 30.8 Å². The second-order valence-corrected chi connectivity index (χ2v) is 8.91. The molecule has 1 aromatic carbocycles. The lowest BCUT2D eigenvalue weighted by molar-refractivity contribution is -0.113. The van der Waals surface area contributed by atoms with Crippen molar-refractivity contribution in [2.24, 2.45) is 0 Å². The minimum atomic E-state index is -0.0615. The number of anilines is 1. The fourth-order valence-corrected chi connectivity index (χ4v) is 4.83. The average Bonchev–Trinajstić information content (AvgIpc) is 3.26. The van der Waals surface area contributed by atoms with Crippen molar-refractivity contribution in [2.45, 2.75) is 45.8 Å². The van der Waals surface area contributed by atoms with Crippen LogP contribution in [0.25, 0.3) is 11.4 Å². The fourth-order valence-electron chi connectivity index (χ4n) is 3.14. The largest absolute Gasteiger partial charge is 0.325 e. The van der Waals surface area contributed by atoms with Crippen LogP contribution in [0.3, 0.4) is 0 Å². The molecule has 0 spiro atoms. The molecule has 0 aliphatic heterocycles. The highest BCUT2D eigenvalue weighted by molar-refractivity contribution is 7.99. The first kappa shape index (κ1) is 21.3. The summed E-state index contributed by atoms with van der Waals surface area (Å²) in [6, 6.07) is 5.93. The summed E-state index contributed by atoms with van der Waals surface area (Å²) in [5, 5.41) is 14.6. The third-order valence-corrected chi connectivity index (χ3v) is 6.77. The second-order valence-electron chi connectivity index (χ2n) is 6.88. The van der Waals surface area contributed by atoms with Crippen molar-refractivity contribution in [2.75, 3.05) is 11.1 Å². The number of hydrogen-bond donors (Lipinski definition) is 1. The van der Waals surface area contributed by atoms with Crippen LogP contribution in [0.4, 0.5) is 5.69 Å². The van der Waals surface area contributed by atoms with Gasteiger partial charge in [0, 0.05) is 28.1 Å². The van der Waals surface area contributed by atoms with E-state index in [0.29, 0.717) is 6.54 Å². The molecule has 0 aliphatic rings. The number of aromatic nitrogens is 3. The first-order valence-corrected chi connectivity index (χ1v) is 11.4. The number of hydrogen-bond acceptors (Lipinski definition) is 5. The Balaban J connectivity index is 1.75. The number of nitrogens with one attached hydrogen (secondary N) is 1. The van der Waals surface area contributed by atoms with Crippen LogP contribution < -0.4 is 5.32 Å². The number of nitrogens with zero attached hydrogens (tertiary/aromatic N) is 3. The molecular weight excluding hydrogens is 400 g/mol. The predicted molar refractivity (Wildman–Crippen MR) is 123 cm³/mol. The Morgan fingerprint density at radius 1 is 1.28 bits per heavy atom. The Hall–Kier alpha value is -2.38. The van der Waals surface area contributed by atoms with E-state index >= 15 is 0 Å². The lowest BCUT2D eigenvalue weighted by Gasteiger charge is -2.09. The fraction of sp³-hybridized carbons (Fsp3) is 0.318. The van der Waals surface area contributed by atoms with Crippen molar-refractivity contribution in [1.82, 2.24) is 14.8 Å². The van der Waals surface area contributed by atoms with Gasteiger partial charge in [0.05, 0.1) is 5.75 Å². The van der Waals surface area contributed by atoms with Crippen molar-refractivity contribution in [3.8, 4) is 11.4 Å². The monoisotopic (exact) mass is 426 g/mol. The van der Waals surface area contributed by atoms with E-state index < -0.39 is 0 Å². The number of amides is 1. The first-order chi connectivity index (χ1) is 13.9. The molecule has 2 aromatic heterocycles. The molecule has 2 heterocycles. The zero-order valence-corrected chi connectivity index (χ0v) is 18.9. The summed E-state index contributed by atoms with van der Waals surface area (Å²) < 4.78 is 2.03. The molecule has 3 rings (SSSR count). The van der Waals surface area contributed by atoms with Crippen molar-refractivity contribution in [3.05, 3.63) is 57.8 Å². The molecule has 5 nitrogen and oxygen atoms in total. The zero-order chi connectivity index (χ0) is 21.0. The quantitative estimate of drug-likeness (QED) is 0.386. The Kier molecular flexibility index (Phi) is 6.92. The van der Waals surface area contributed by atoms with E-state index in [4.69, 9.17) is 0 Å². The average molecular weight is 427 g/mol. The van der Waals surface area contributed by atoms with Gasteiger partial charge in [-0.15, -0.1) is 28.1 Å². The molecule has 0 saturated carbocycles. The molecule has 0 fully saturated rings. The SMILES string of the molecule is C=CCn1c(SCC(=O)Nc2ccc(C)c(C)c2)nnc1-c1csc(C)c1CC. The van der Waals surface area contributed by atoms with Crippen molar-refractivity contribution >= 4 is 34.7 Å². The highest BCUT2D eigenvalue weighted by Gasteiger charge is 2.19. The van der Waals surface area contributed by atoms with Gasteiger partial charge < -0.3 is 5.32 Å². The Morgan fingerprint density at radius 3 is 2.76 bits per heavy atom. The van der Waals surface area contributed by atoms with E-state index in [1.165, 1.54) is 27.8 Å². The lowest BCUT2D eigenvalue weighted by Crippen LogP contribution is -2.15. The van der Waals surface area contributed by atoms with Gasteiger partial charge in [0.1, 0.15) is 0 Å². The highest BCUT2D eigenvalue weighted by Crippen LogP contribution is 2.32. The Morgan fingerprint density at radius 2 is 2.07 bits per heavy atom. The molecule has 1 N–H and O–H groups in total. The summed E-state index contributed by atoms with van der Waals surface area (Å²) in [4.78, 5) is 13.7. The van der Waals surface area contributed by atoms with Crippen molar-refractivity contribution in [3.63, 3.8) is 0 Å². The van der Waals surface area contributed by atoms with E-state index in [1.54, 1.807) is 11.3 Å². The summed E-state index contributed by atoms with van der Waals surface area (Å²) in [6.45, 7) is 12.8. The smallest absolute Gasteiger partial charge is 0.234 e. The topological polar surface area (TPSA) is 59.8 Å². The number of allylic oxidation sites excluding steroid dienone is 1. The third-order valence-electron chi connectivity index (χ3n) is 4.85. The van der Waals surface area contributed by atoms with Gasteiger partial charge in [0.2, 0.25) is 5.91 Å². The summed E-state index contributed by atoms with van der Waals surface area (Å²) in [5.41, 5.74) is 5.60. The summed E-state index contributed by atoms with van der Waals surface area (Å²) in [7, 11) is 0. The maximum atomic E-state index is 12.4. The first-order valence-electron chi connectivity index (χ1n) is 9.55. The minimum Gasteiger partial charge on any atom is -0.325 e. The molecular formula is C22H26N4OS2. The van der Waals surface area contributed by atoms with Gasteiger partial charge in [-0.25, -0.2) is 0 Å². The van der Waals surface area contributed by atoms with Crippen LogP contribution in [0, 0.1) is 20.8 Å². The maximum absolute atomic E-state index is 12.4. The van der Waals surface area contributed by atoms with Crippen LogP contribution in [0.2, 0.25) is 0 Å². The van der Waals surface area contributed by atoms with E-state index in [-0.39, 0.29) is 11.7 Å². The number of aryl methyl sites for hydroxylation is 3. The van der Waals surface area contributed by atoms with Crippen LogP contribution in [-0.2, 0) is 17.8 Å². The summed E-state index contributed by atoms with van der Waals surface area (Å²) >= 11 is 3.12. The lowest BCUT2D eigenvalue weighted by atomic mass is 10.1. The van der Waals surface area contributed by atoms with Crippen LogP contribution in [0.15, 0.2) is 41.4 Å². The molecule has 0 bridgehead atoms. The summed E-state index contributed by atoms with van der Waals surface area (Å²) in [5.74, 6) is 1.04. The number of benzene rings is 1. The molecule has 0 atom stereocenters. The predicted octanol–water partition coefficient (Wildman–Crippen LogP) is 5.41. The number of thiophene rings is 1. The molecule has 7 heteroatoms. The van der Waals surface area contributed by atoms with Gasteiger partial charge in [-0.2, -0.15) is 0 Å². The normalized spacial score (nSPS) is 10.9. The van der Waals surface area contributed by atoms with Crippen molar-refractivity contribution < 1.29 is 4.79 Å². The third kappa shape index (κ3) is 4.79. The maximum Gasteiger partial charge on any atom is 0.234 e. The van der Waals surface area contributed by atoms with Crippen LogP contribution in [-0.4, -0.2) is 26.4 Å². The molecule has 1 amide bonds. The van der Waals surface area contributed by atoms with Crippen LogP contribution in [0.1, 0.15) is 28.5 Å². The Bertz CT molecular complexity index is 1040.